The lowest BCUT2D eigenvalue weighted by Crippen LogP contribution is -2.08. The summed E-state index contributed by atoms with van der Waals surface area (Å²) in [6.45, 7) is 4.54. The van der Waals surface area contributed by atoms with Gasteiger partial charge in [0, 0.05) is 39.2 Å². The van der Waals surface area contributed by atoms with Gasteiger partial charge in [0.2, 0.25) is 0 Å². The average Bonchev–Trinajstić information content (AvgIpc) is 3.67. The fourth-order valence-electron chi connectivity index (χ4n) is 8.20. The number of nitriles is 2. The van der Waals surface area contributed by atoms with E-state index < -0.39 is 0 Å². The third kappa shape index (κ3) is 4.57. The molecule has 2 aromatic heterocycles. The summed E-state index contributed by atoms with van der Waals surface area (Å²) in [4.78, 5) is 0. The van der Waals surface area contributed by atoms with Crippen LogP contribution in [0.5, 0.6) is 0 Å². The lowest BCUT2D eigenvalue weighted by molar-refractivity contribution is 0.717. The van der Waals surface area contributed by atoms with Crippen LogP contribution in [-0.2, 0) is 6.42 Å². The van der Waals surface area contributed by atoms with Gasteiger partial charge in [-0.2, -0.15) is 10.5 Å². The molecule has 4 nitrogen and oxygen atoms in total. The van der Waals surface area contributed by atoms with Crippen LogP contribution in [0.4, 0.5) is 0 Å². The number of nitrogens with zero attached hydrogens (tertiary/aromatic N) is 4. The van der Waals surface area contributed by atoms with Crippen molar-refractivity contribution in [3.8, 4) is 45.8 Å². The van der Waals surface area contributed by atoms with Crippen LogP contribution in [0.15, 0.2) is 121 Å². The Bertz CT molecular complexity index is 2650. The number of hydrogen-bond acceptors (Lipinski definition) is 2. The van der Waals surface area contributed by atoms with Gasteiger partial charge in [0.1, 0.15) is 6.07 Å². The SMILES string of the molecule is CC1CC=Cc2c1n(-c1ccccc1-c1ccc(-c3ccc(-n4c5c(c6ccccc64)C[C@@H](C)C=C5)c(C#N)c3)cc1)c1ccc(C#N)cc21. The van der Waals surface area contributed by atoms with Crippen molar-refractivity contribution in [2.24, 2.45) is 5.92 Å². The van der Waals surface area contributed by atoms with E-state index in [-0.39, 0.29) is 0 Å². The predicted octanol–water partition coefficient (Wildman–Crippen LogP) is 11.4. The molecule has 0 radical (unpaired) electrons. The molecule has 0 saturated carbocycles. The molecule has 0 bridgehead atoms. The largest absolute Gasteiger partial charge is 0.312 e. The number of aromatic nitrogens is 2. The smallest absolute Gasteiger partial charge is 0.101 e. The van der Waals surface area contributed by atoms with Crippen LogP contribution < -0.4 is 0 Å². The molecule has 0 saturated heterocycles. The Balaban J connectivity index is 1.12. The van der Waals surface area contributed by atoms with E-state index in [1.54, 1.807) is 0 Å². The maximum Gasteiger partial charge on any atom is 0.101 e. The van der Waals surface area contributed by atoms with Crippen LogP contribution in [0.25, 0.3) is 67.6 Å². The van der Waals surface area contributed by atoms with Crippen molar-refractivity contribution in [2.45, 2.75) is 32.6 Å². The van der Waals surface area contributed by atoms with Gasteiger partial charge in [-0.15, -0.1) is 0 Å². The van der Waals surface area contributed by atoms with E-state index in [0.29, 0.717) is 23.0 Å². The van der Waals surface area contributed by atoms with Crippen LogP contribution in [0.3, 0.4) is 0 Å². The van der Waals surface area contributed by atoms with E-state index in [1.807, 2.05) is 18.2 Å². The maximum atomic E-state index is 10.4. The number of benzene rings is 5. The van der Waals surface area contributed by atoms with Crippen molar-refractivity contribution in [3.05, 3.63) is 155 Å². The van der Waals surface area contributed by atoms with Crippen LogP contribution in [0.2, 0.25) is 0 Å². The summed E-state index contributed by atoms with van der Waals surface area (Å²) in [5.74, 6) is 0.830. The number of rotatable bonds is 4. The molecule has 0 N–H and O–H groups in total. The second kappa shape index (κ2) is 11.7. The molecule has 7 aromatic rings. The van der Waals surface area contributed by atoms with Crippen molar-refractivity contribution >= 4 is 34.0 Å². The van der Waals surface area contributed by atoms with E-state index >= 15 is 0 Å². The first kappa shape index (κ1) is 29.8. The zero-order valence-electron chi connectivity index (χ0n) is 28.1. The van der Waals surface area contributed by atoms with Gasteiger partial charge >= 0.3 is 0 Å². The molecule has 2 heterocycles. The number of hydrogen-bond donors (Lipinski definition) is 0. The molecule has 0 fully saturated rings. The molecule has 2 aliphatic rings. The standard InChI is InChI=1S/C46H34N4/c1-29-14-21-44-39(24-29)37-10-4-6-13-43(37)49(44)41-23-20-34(26-35(41)28-48)32-16-18-33(19-17-32)36-9-3-5-12-42(36)50-45-22-15-31(27-47)25-40(45)38-11-7-8-30(2)46(38)50/h3-7,9-23,25-26,29-30H,8,24H2,1-2H3/t29-,30?/m0/s1. The summed E-state index contributed by atoms with van der Waals surface area (Å²) in [5, 5.41) is 22.5. The van der Waals surface area contributed by atoms with Crippen molar-refractivity contribution in [1.29, 1.82) is 10.5 Å². The molecule has 0 aliphatic heterocycles. The zero-order valence-corrected chi connectivity index (χ0v) is 28.1. The fraction of sp³-hybridized carbons (Fsp3) is 0.130. The lowest BCUT2D eigenvalue weighted by Gasteiger charge is -2.21. The van der Waals surface area contributed by atoms with E-state index in [2.05, 4.69) is 150 Å². The average molecular weight is 643 g/mol. The first-order chi connectivity index (χ1) is 24.5. The molecule has 1 unspecified atom stereocenters. The quantitative estimate of drug-likeness (QED) is 0.192. The minimum absolute atomic E-state index is 0.343. The summed E-state index contributed by atoms with van der Waals surface area (Å²) in [6.07, 6.45) is 10.9. The Morgan fingerprint density at radius 2 is 1.42 bits per heavy atom. The van der Waals surface area contributed by atoms with Gasteiger partial charge in [0.05, 0.1) is 39.6 Å². The Hall–Kier alpha value is -6.36. The molecule has 238 valence electrons. The third-order valence-electron chi connectivity index (χ3n) is 10.6. The monoisotopic (exact) mass is 642 g/mol. The van der Waals surface area contributed by atoms with Gasteiger partial charge in [0.25, 0.3) is 0 Å². The van der Waals surface area contributed by atoms with E-state index in [9.17, 15) is 10.5 Å². The highest BCUT2D eigenvalue weighted by molar-refractivity contribution is 5.96. The molecule has 2 atom stereocenters. The first-order valence-electron chi connectivity index (χ1n) is 17.3. The second-order valence-corrected chi connectivity index (χ2v) is 13.7. The molecule has 4 heteroatoms. The minimum Gasteiger partial charge on any atom is -0.312 e. The van der Waals surface area contributed by atoms with Crippen LogP contribution in [0.1, 0.15) is 59.8 Å². The number of allylic oxidation sites excluding steroid dienone is 2. The van der Waals surface area contributed by atoms with Gasteiger partial charge < -0.3 is 9.13 Å². The summed E-state index contributed by atoms with van der Waals surface area (Å²) in [5.41, 5.74) is 15.0. The van der Waals surface area contributed by atoms with Gasteiger partial charge in [0.15, 0.2) is 0 Å². The summed E-state index contributed by atoms with van der Waals surface area (Å²) < 4.78 is 4.66. The molecular weight excluding hydrogens is 609 g/mol. The first-order valence-corrected chi connectivity index (χ1v) is 17.3. The summed E-state index contributed by atoms with van der Waals surface area (Å²) in [7, 11) is 0. The predicted molar refractivity (Wildman–Crippen MR) is 204 cm³/mol. The van der Waals surface area contributed by atoms with E-state index in [4.69, 9.17) is 0 Å². The van der Waals surface area contributed by atoms with Crippen LogP contribution >= 0.6 is 0 Å². The van der Waals surface area contributed by atoms with Gasteiger partial charge in [-0.3, -0.25) is 0 Å². The molecule has 2 aliphatic carbocycles. The highest BCUT2D eigenvalue weighted by Crippen LogP contribution is 2.42. The number of para-hydroxylation sites is 2. The van der Waals surface area contributed by atoms with E-state index in [0.717, 1.165) is 62.9 Å². The maximum absolute atomic E-state index is 10.4. The molecule has 0 amide bonds. The van der Waals surface area contributed by atoms with Crippen molar-refractivity contribution < 1.29 is 0 Å². The second-order valence-electron chi connectivity index (χ2n) is 13.7. The lowest BCUT2D eigenvalue weighted by atomic mass is 9.92. The fourth-order valence-corrected chi connectivity index (χ4v) is 8.20. The van der Waals surface area contributed by atoms with Crippen molar-refractivity contribution in [3.63, 3.8) is 0 Å². The highest BCUT2D eigenvalue weighted by atomic mass is 15.0. The van der Waals surface area contributed by atoms with Gasteiger partial charge in [-0.05, 0) is 89.6 Å². The van der Waals surface area contributed by atoms with Crippen molar-refractivity contribution in [2.75, 3.05) is 0 Å². The van der Waals surface area contributed by atoms with Crippen molar-refractivity contribution in [1.82, 2.24) is 9.13 Å². The molecular formula is C46H34N4. The van der Waals surface area contributed by atoms with Gasteiger partial charge in [-0.1, -0.05) is 98.8 Å². The Morgan fingerprint density at radius 3 is 2.26 bits per heavy atom. The Labute approximate surface area is 292 Å². The summed E-state index contributed by atoms with van der Waals surface area (Å²) >= 11 is 0. The topological polar surface area (TPSA) is 57.4 Å². The molecule has 50 heavy (non-hydrogen) atoms. The molecule has 5 aromatic carbocycles. The zero-order chi connectivity index (χ0) is 33.9. The normalized spacial score (nSPS) is 16.2. The third-order valence-corrected chi connectivity index (χ3v) is 10.6. The highest BCUT2D eigenvalue weighted by Gasteiger charge is 2.25. The van der Waals surface area contributed by atoms with Crippen LogP contribution in [-0.4, -0.2) is 9.13 Å². The Kier molecular flexibility index (Phi) is 6.94. The molecule has 0 spiro atoms. The molecule has 9 rings (SSSR count). The Morgan fingerprint density at radius 1 is 0.660 bits per heavy atom. The summed E-state index contributed by atoms with van der Waals surface area (Å²) in [6, 6.07) is 42.9. The van der Waals surface area contributed by atoms with Crippen LogP contribution in [0, 0.1) is 28.6 Å². The minimum atomic E-state index is 0.343. The van der Waals surface area contributed by atoms with Gasteiger partial charge in [-0.25, -0.2) is 0 Å². The van der Waals surface area contributed by atoms with E-state index in [1.165, 1.54) is 27.9 Å². The number of fused-ring (bicyclic) bond motifs is 6.